The largest absolute Gasteiger partial charge is 0.494 e. The van der Waals surface area contributed by atoms with Gasteiger partial charge in [0.05, 0.1) is 29.0 Å². The van der Waals surface area contributed by atoms with E-state index in [1.165, 1.54) is 25.0 Å². The molecule has 0 atom stereocenters. The molecule has 1 fully saturated rings. The molecule has 0 amide bonds. The van der Waals surface area contributed by atoms with Gasteiger partial charge >= 0.3 is 0 Å². The molecular formula is C19H25N3O5S. The van der Waals surface area contributed by atoms with Crippen LogP contribution in [0, 0.1) is 0 Å². The van der Waals surface area contributed by atoms with Crippen molar-refractivity contribution in [1.29, 1.82) is 0 Å². The second kappa shape index (κ2) is 8.22. The van der Waals surface area contributed by atoms with Crippen LogP contribution in [0.3, 0.4) is 0 Å². The van der Waals surface area contributed by atoms with Gasteiger partial charge in [0.1, 0.15) is 11.3 Å². The average Bonchev–Trinajstić information content (AvgIpc) is 3.01. The molecule has 28 heavy (non-hydrogen) atoms. The summed E-state index contributed by atoms with van der Waals surface area (Å²) in [6.07, 6.45) is 4.11. The fourth-order valence-electron chi connectivity index (χ4n) is 3.26. The van der Waals surface area contributed by atoms with Gasteiger partial charge in [-0.25, -0.2) is 4.21 Å². The third-order valence-corrected chi connectivity index (χ3v) is 7.08. The molecule has 1 aliphatic rings. The molecule has 1 N–H and O–H groups in total. The van der Waals surface area contributed by atoms with Crippen LogP contribution in [0.5, 0.6) is 11.5 Å². The SMILES string of the molecule is CCOc1ccc(C(=O)c2c[nH]n(C)c2=O)c(OC)c1N=S1(=O)CCCCC1. The van der Waals surface area contributed by atoms with Gasteiger partial charge in [-0.15, -0.1) is 0 Å². The number of aromatic nitrogens is 2. The molecule has 9 heteroatoms. The molecule has 0 unspecified atom stereocenters. The third-order valence-electron chi connectivity index (χ3n) is 4.71. The predicted octanol–water partition coefficient (Wildman–Crippen LogP) is 2.64. The lowest BCUT2D eigenvalue weighted by Crippen LogP contribution is -2.19. The Kier molecular flexibility index (Phi) is 5.93. The zero-order valence-electron chi connectivity index (χ0n) is 16.3. The molecule has 8 nitrogen and oxygen atoms in total. The zero-order valence-corrected chi connectivity index (χ0v) is 17.1. The summed E-state index contributed by atoms with van der Waals surface area (Å²) in [6.45, 7) is 2.22. The summed E-state index contributed by atoms with van der Waals surface area (Å²) < 4.78 is 30.1. The van der Waals surface area contributed by atoms with E-state index in [0.717, 1.165) is 19.3 Å². The molecule has 0 saturated carbocycles. The Morgan fingerprint density at radius 2 is 1.96 bits per heavy atom. The number of hydrogen-bond donors (Lipinski definition) is 1. The number of carbonyl (C=O) groups is 1. The van der Waals surface area contributed by atoms with E-state index in [-0.39, 0.29) is 22.6 Å². The summed E-state index contributed by atoms with van der Waals surface area (Å²) >= 11 is 0. The quantitative estimate of drug-likeness (QED) is 0.742. The molecule has 0 radical (unpaired) electrons. The van der Waals surface area contributed by atoms with Crippen molar-refractivity contribution in [3.05, 3.63) is 39.8 Å². The van der Waals surface area contributed by atoms with Crippen molar-refractivity contribution < 1.29 is 18.5 Å². The second-order valence-corrected chi connectivity index (χ2v) is 9.18. The molecular weight excluding hydrogens is 382 g/mol. The molecule has 0 bridgehead atoms. The van der Waals surface area contributed by atoms with Gasteiger partial charge < -0.3 is 14.6 Å². The minimum absolute atomic E-state index is 0.00207. The summed E-state index contributed by atoms with van der Waals surface area (Å²) in [5.74, 6) is 1.12. The van der Waals surface area contributed by atoms with Crippen molar-refractivity contribution in [3.8, 4) is 11.5 Å². The summed E-state index contributed by atoms with van der Waals surface area (Å²) in [5, 5.41) is 2.69. The van der Waals surface area contributed by atoms with E-state index < -0.39 is 21.1 Å². The van der Waals surface area contributed by atoms with Crippen LogP contribution < -0.4 is 15.0 Å². The lowest BCUT2D eigenvalue weighted by Gasteiger charge is -2.18. The van der Waals surface area contributed by atoms with Crippen LogP contribution in [-0.2, 0) is 16.8 Å². The normalized spacial score (nSPS) is 15.8. The molecule has 2 aromatic rings. The Balaban J connectivity index is 2.19. The third kappa shape index (κ3) is 3.84. The van der Waals surface area contributed by atoms with Crippen LogP contribution in [0.1, 0.15) is 42.1 Å². The Hall–Kier alpha value is -2.55. The first-order valence-electron chi connectivity index (χ1n) is 9.25. The molecule has 1 aromatic carbocycles. The number of nitrogens with zero attached hydrogens (tertiary/aromatic N) is 2. The lowest BCUT2D eigenvalue weighted by molar-refractivity contribution is 0.103. The number of aromatic amines is 1. The lowest BCUT2D eigenvalue weighted by atomic mass is 10.0. The van der Waals surface area contributed by atoms with E-state index in [1.807, 2.05) is 6.92 Å². The number of methoxy groups -OCH3 is 1. The maximum Gasteiger partial charge on any atom is 0.277 e. The van der Waals surface area contributed by atoms with Crippen molar-refractivity contribution in [3.63, 3.8) is 0 Å². The molecule has 1 aromatic heterocycles. The van der Waals surface area contributed by atoms with Gasteiger partial charge in [0, 0.05) is 24.8 Å². The smallest absolute Gasteiger partial charge is 0.277 e. The number of nitrogens with one attached hydrogen (secondary N) is 1. The van der Waals surface area contributed by atoms with Crippen LogP contribution in [0.25, 0.3) is 0 Å². The number of ether oxygens (including phenoxy) is 2. The number of ketones is 1. The van der Waals surface area contributed by atoms with E-state index in [9.17, 15) is 13.8 Å². The standard InChI is InChI=1S/C19H25N3O5S/c1-4-27-15-9-8-13(17(23)14-12-20-22(2)19(14)24)18(26-3)16(15)21-28(25)10-6-5-7-11-28/h8-9,12,20H,4-7,10-11H2,1-3H3. The van der Waals surface area contributed by atoms with Crippen LogP contribution in [0.4, 0.5) is 5.69 Å². The topological polar surface area (TPSA) is 103 Å². The Labute approximate surface area is 164 Å². The molecule has 152 valence electrons. The summed E-state index contributed by atoms with van der Waals surface area (Å²) in [7, 11) is 0.505. The average molecular weight is 407 g/mol. The van der Waals surface area contributed by atoms with Gasteiger partial charge in [-0.2, -0.15) is 4.36 Å². The van der Waals surface area contributed by atoms with E-state index in [1.54, 1.807) is 12.1 Å². The number of hydrogen-bond acceptors (Lipinski definition) is 6. The monoisotopic (exact) mass is 407 g/mol. The highest BCUT2D eigenvalue weighted by Gasteiger charge is 2.25. The Morgan fingerprint density at radius 3 is 2.54 bits per heavy atom. The van der Waals surface area contributed by atoms with Crippen molar-refractivity contribution in [2.24, 2.45) is 11.4 Å². The van der Waals surface area contributed by atoms with Gasteiger partial charge in [-0.1, -0.05) is 6.42 Å². The second-order valence-electron chi connectivity index (χ2n) is 6.64. The zero-order chi connectivity index (χ0) is 20.3. The van der Waals surface area contributed by atoms with Crippen molar-refractivity contribution in [1.82, 2.24) is 9.78 Å². The van der Waals surface area contributed by atoms with E-state index >= 15 is 0 Å². The van der Waals surface area contributed by atoms with Crippen molar-refractivity contribution in [2.75, 3.05) is 25.2 Å². The van der Waals surface area contributed by atoms with Crippen LogP contribution in [0.2, 0.25) is 0 Å². The molecule has 3 rings (SSSR count). The first-order chi connectivity index (χ1) is 13.4. The highest BCUT2D eigenvalue weighted by atomic mass is 32.2. The molecule has 2 heterocycles. The minimum Gasteiger partial charge on any atom is -0.494 e. The Morgan fingerprint density at radius 1 is 1.25 bits per heavy atom. The first kappa shape index (κ1) is 20.2. The number of carbonyl (C=O) groups excluding carboxylic acids is 1. The highest BCUT2D eigenvalue weighted by Crippen LogP contribution is 2.42. The van der Waals surface area contributed by atoms with Gasteiger partial charge in [-0.05, 0) is 31.9 Å². The van der Waals surface area contributed by atoms with E-state index in [0.29, 0.717) is 23.9 Å². The minimum atomic E-state index is -2.45. The molecule has 0 spiro atoms. The van der Waals surface area contributed by atoms with Crippen molar-refractivity contribution in [2.45, 2.75) is 26.2 Å². The summed E-state index contributed by atoms with van der Waals surface area (Å²) in [5.41, 5.74) is 0.0186. The predicted molar refractivity (Wildman–Crippen MR) is 107 cm³/mol. The maximum absolute atomic E-state index is 13.2. The fraction of sp³-hybridized carbons (Fsp3) is 0.474. The molecule has 0 aliphatic carbocycles. The van der Waals surface area contributed by atoms with E-state index in [2.05, 4.69) is 9.46 Å². The van der Waals surface area contributed by atoms with Crippen LogP contribution in [-0.4, -0.2) is 45.0 Å². The summed E-state index contributed by atoms with van der Waals surface area (Å²) in [4.78, 5) is 25.2. The van der Waals surface area contributed by atoms with Gasteiger partial charge in [0.25, 0.3) is 5.56 Å². The number of rotatable bonds is 6. The van der Waals surface area contributed by atoms with E-state index in [4.69, 9.17) is 9.47 Å². The van der Waals surface area contributed by atoms with Gasteiger partial charge in [0.2, 0.25) is 5.78 Å². The maximum atomic E-state index is 13.2. The number of H-pyrrole nitrogens is 1. The first-order valence-corrected chi connectivity index (χ1v) is 11.1. The van der Waals surface area contributed by atoms with Crippen LogP contribution >= 0.6 is 0 Å². The summed E-state index contributed by atoms with van der Waals surface area (Å²) in [6, 6.07) is 3.16. The number of aryl methyl sites for hydroxylation is 1. The molecule has 1 saturated heterocycles. The van der Waals surface area contributed by atoms with Crippen molar-refractivity contribution >= 4 is 21.2 Å². The van der Waals surface area contributed by atoms with Gasteiger partial charge in [-0.3, -0.25) is 14.3 Å². The highest BCUT2D eigenvalue weighted by molar-refractivity contribution is 7.93. The van der Waals surface area contributed by atoms with Gasteiger partial charge in [0.15, 0.2) is 11.4 Å². The fourth-order valence-corrected chi connectivity index (χ4v) is 5.46. The Bertz CT molecular complexity index is 1050. The van der Waals surface area contributed by atoms with Crippen LogP contribution in [0.15, 0.2) is 27.5 Å². The molecule has 1 aliphatic heterocycles. The number of benzene rings is 1.